The molecule has 6 heterocycles. The summed E-state index contributed by atoms with van der Waals surface area (Å²) in [4.78, 5) is 130. The van der Waals surface area contributed by atoms with E-state index in [1.165, 1.54) is 50.4 Å². The van der Waals surface area contributed by atoms with E-state index < -0.39 is 201 Å². The molecule has 0 saturated carbocycles. The molecule has 2 aliphatic rings. The molecular weight excluding hydrogens is 1330 g/mol. The van der Waals surface area contributed by atoms with Crippen molar-refractivity contribution >= 4 is 86.9 Å². The average Bonchev–Trinajstić information content (AvgIpc) is 0.885. The van der Waals surface area contributed by atoms with Gasteiger partial charge in [0.15, 0.2) is 18.7 Å². The number of nitrogens with two attached hydrogens (primary N) is 4. The van der Waals surface area contributed by atoms with Gasteiger partial charge in [0.25, 0.3) is 11.8 Å². The third-order valence-electron chi connectivity index (χ3n) is 15.3. The average molecular weight is 1420 g/mol. The van der Waals surface area contributed by atoms with Crippen molar-refractivity contribution in [3.8, 4) is 10.7 Å². The molecule has 0 bridgehead atoms. The maximum absolute atomic E-state index is 15.2. The number of nitrogens with one attached hydrogen (secondary N) is 7. The lowest BCUT2D eigenvalue weighted by Gasteiger charge is -2.47. The molecule has 2 fully saturated rings. The lowest BCUT2D eigenvalue weighted by Crippen LogP contribution is -2.65. The van der Waals surface area contributed by atoms with Gasteiger partial charge in [0, 0.05) is 48.8 Å². The molecule has 0 radical (unpaired) electrons. The minimum Gasteiger partial charge on any atom is -0.481 e. The van der Waals surface area contributed by atoms with Crippen LogP contribution in [0.25, 0.3) is 10.7 Å². The highest BCUT2D eigenvalue weighted by molar-refractivity contribution is 7.95. The van der Waals surface area contributed by atoms with Crippen molar-refractivity contribution in [3.05, 3.63) is 56.8 Å². The molecule has 24 N–H and O–H groups in total. The summed E-state index contributed by atoms with van der Waals surface area (Å²) in [5, 5.41) is 118. The van der Waals surface area contributed by atoms with Gasteiger partial charge in [-0.15, -0.1) is 22.7 Å². The molecule has 2 aliphatic heterocycles. The van der Waals surface area contributed by atoms with Crippen molar-refractivity contribution in [2.45, 2.75) is 157 Å². The molecule has 41 heteroatoms. The van der Waals surface area contributed by atoms with Gasteiger partial charge in [0.1, 0.15) is 100 Å². The summed E-state index contributed by atoms with van der Waals surface area (Å²) in [6.45, 7) is 3.05. The first-order valence-electron chi connectivity index (χ1n) is 29.8. The molecule has 2 saturated heterocycles. The van der Waals surface area contributed by atoms with Crippen molar-refractivity contribution in [2.75, 3.05) is 56.8 Å². The van der Waals surface area contributed by atoms with Crippen molar-refractivity contribution < 1.29 is 108 Å². The predicted octanol–water partition coefficient (Wildman–Crippen LogP) is -7.10. The van der Waals surface area contributed by atoms with Crippen LogP contribution in [0.4, 0.5) is 10.6 Å². The van der Waals surface area contributed by atoms with Gasteiger partial charge in [-0.1, -0.05) is 6.92 Å². The number of aromatic amines is 1. The molecular formula is C55H83N16O22S3+. The Morgan fingerprint density at radius 2 is 1.48 bits per heavy atom. The second-order valence-electron chi connectivity index (χ2n) is 22.7. The second-order valence-corrected chi connectivity index (χ2v) is 26.9. The Balaban J connectivity index is 1.26. The first-order valence-corrected chi connectivity index (χ1v) is 33.7. The number of rotatable bonds is 35. The van der Waals surface area contributed by atoms with Crippen LogP contribution in [-0.2, 0) is 65.0 Å². The third kappa shape index (κ3) is 20.6. The van der Waals surface area contributed by atoms with Crippen LogP contribution >= 0.6 is 22.7 Å². The van der Waals surface area contributed by atoms with Crippen LogP contribution in [0.3, 0.4) is 0 Å². The highest BCUT2D eigenvalue weighted by atomic mass is 32.2. The molecule has 4 aromatic rings. The lowest BCUT2D eigenvalue weighted by molar-refractivity contribution is -0.372. The number of primary amides is 2. The number of nitrogen functional groups attached to an aromatic ring is 1. The SMILES string of the molecule is Cc1c(N)nc(C(CC(=O)O)NCC(N)C(N)=O)nc1C(=O)NC(C(=O)NC(C)C(O)C(C)C(=O)NC(C(=O)NCCc1nc(-c2nc(C(=O)NCCC[S+](C)C)cs2)cs1)C(C)O)C(O[C@H]1O[C@H](CO)[C@H](O)[C@@H](O)[C@H]1O[C@@H]1O[C@@H](CO)[C@H](O)[C@@H](OC(N)=O)[C@H]1O)c1cnc[nH]1. The van der Waals surface area contributed by atoms with Gasteiger partial charge in [-0.25, -0.2) is 29.7 Å². The van der Waals surface area contributed by atoms with Gasteiger partial charge in [-0.3, -0.25) is 33.6 Å². The summed E-state index contributed by atoms with van der Waals surface area (Å²) in [5.41, 5.74) is 22.4. The van der Waals surface area contributed by atoms with E-state index in [2.05, 4.69) is 74.3 Å². The maximum Gasteiger partial charge on any atom is 0.404 e. The number of carbonyl (C=O) groups is 8. The molecule has 0 spiro atoms. The molecule has 96 heavy (non-hydrogen) atoms. The number of aromatic nitrogens is 6. The van der Waals surface area contributed by atoms with Gasteiger partial charge in [0.05, 0.1) is 91.6 Å². The minimum atomic E-state index is -2.21. The van der Waals surface area contributed by atoms with Crippen LogP contribution < -0.4 is 54.8 Å². The molecule has 9 unspecified atom stereocenters. The van der Waals surface area contributed by atoms with Gasteiger partial charge < -0.3 is 129 Å². The van der Waals surface area contributed by atoms with Crippen LogP contribution in [0.2, 0.25) is 0 Å². The number of H-pyrrole nitrogens is 1. The normalized spacial score (nSPS) is 24.0. The first-order chi connectivity index (χ1) is 45.3. The highest BCUT2D eigenvalue weighted by Gasteiger charge is 2.54. The Kier molecular flexibility index (Phi) is 29.0. The smallest absolute Gasteiger partial charge is 0.404 e. The topological polar surface area (TPSA) is 621 Å². The van der Waals surface area contributed by atoms with Gasteiger partial charge in [-0.05, 0) is 31.7 Å². The van der Waals surface area contributed by atoms with E-state index in [0.717, 1.165) is 24.7 Å². The molecule has 7 amide bonds. The van der Waals surface area contributed by atoms with Gasteiger partial charge in [0.2, 0.25) is 23.6 Å². The Hall–Kier alpha value is -7.30. The van der Waals surface area contributed by atoms with Crippen LogP contribution in [0.15, 0.2) is 23.3 Å². The summed E-state index contributed by atoms with van der Waals surface area (Å²) in [5.74, 6) is -8.41. The lowest BCUT2D eigenvalue weighted by atomic mass is 9.96. The number of thiazole rings is 2. The summed E-state index contributed by atoms with van der Waals surface area (Å²) in [7, 11) is 0.252. The largest absolute Gasteiger partial charge is 0.481 e. The third-order valence-corrected chi connectivity index (χ3v) is 18.1. The zero-order valence-corrected chi connectivity index (χ0v) is 55.2. The Morgan fingerprint density at radius 1 is 0.792 bits per heavy atom. The first kappa shape index (κ1) is 77.7. The summed E-state index contributed by atoms with van der Waals surface area (Å²) in [6, 6.07) is -8.05. The van der Waals surface area contributed by atoms with E-state index in [4.69, 9.17) is 46.6 Å². The molecule has 38 nitrogen and oxygen atoms in total. The van der Waals surface area contributed by atoms with Crippen molar-refractivity contribution in [1.29, 1.82) is 0 Å². The van der Waals surface area contributed by atoms with Crippen LogP contribution in [0, 0.1) is 12.8 Å². The fourth-order valence-electron chi connectivity index (χ4n) is 9.77. The standard InChI is InChI=1S/C55H82N16O22S3/c1-20-33(68-46(71-44(20)57)25(12-32(75)76)63-13-24(56)45(58)82)50(86)70-35(41(26-14-60-19-64-26)91-54-43(39(80)37(78)29(15-72)90-54)92-53-40(81)42(93-55(59)88)38(79)30(16-73)89-53)51(87)65-22(3)36(77)21(2)47(83)69-34(23(4)74)49(85)62-10-8-31-66-28(18-94-31)52-67-27(17-95-52)48(84)61-9-7-11-96(5)6/h14,17-19,21-25,29-30,34-43,53-54,63,72-74,77-81H,7-13,15-16,56H2,1-6H3,(H12-,57,58,59,60,61,62,64,65,68,69,70,71,75,76,82,83,84,85,86,87,88)/p+1/t21?,22?,23?,24?,25?,29-,30+,34?,35?,36?,37+,38+,39-,40-,41?,42-,43-,53+,54-/m1/s1. The number of carboxylic acid groups (broad SMARTS) is 1. The fraction of sp³-hybridized carbons (Fsp3) is 0.618. The molecule has 0 aliphatic carbocycles. The quantitative estimate of drug-likeness (QED) is 0.0150. The van der Waals surface area contributed by atoms with E-state index in [0.29, 0.717) is 22.3 Å². The number of anilines is 1. The fourth-order valence-corrected chi connectivity index (χ4v) is 12.1. The Morgan fingerprint density at radius 3 is 2.10 bits per heavy atom. The van der Waals surface area contributed by atoms with Crippen molar-refractivity contribution in [3.63, 3.8) is 0 Å². The zero-order valence-electron chi connectivity index (χ0n) is 52.7. The van der Waals surface area contributed by atoms with E-state index >= 15 is 4.79 Å². The van der Waals surface area contributed by atoms with E-state index in [1.54, 1.807) is 10.8 Å². The minimum absolute atomic E-state index is 0.00952. The van der Waals surface area contributed by atoms with Crippen molar-refractivity contribution in [1.82, 2.24) is 61.8 Å². The molecule has 532 valence electrons. The van der Waals surface area contributed by atoms with Crippen molar-refractivity contribution in [2.24, 2.45) is 23.1 Å². The van der Waals surface area contributed by atoms with E-state index in [1.807, 2.05) is 0 Å². The number of imidazole rings is 1. The molecule has 4 aromatic heterocycles. The summed E-state index contributed by atoms with van der Waals surface area (Å²) in [6.07, 6.45) is -20.4. The number of carboxylic acids is 1. The Bertz CT molecular complexity index is 3280. The molecule has 6 rings (SSSR count). The number of aliphatic hydroxyl groups is 8. The number of ether oxygens (including phenoxy) is 5. The van der Waals surface area contributed by atoms with E-state index in [-0.39, 0.29) is 46.7 Å². The molecule has 0 aromatic carbocycles. The van der Waals surface area contributed by atoms with E-state index in [9.17, 15) is 79.5 Å². The maximum atomic E-state index is 15.2. The summed E-state index contributed by atoms with van der Waals surface area (Å²) < 4.78 is 28.7. The summed E-state index contributed by atoms with van der Waals surface area (Å²) >= 11 is 2.52. The predicted molar refractivity (Wildman–Crippen MR) is 337 cm³/mol. The molecule has 19 atom stereocenters. The van der Waals surface area contributed by atoms with Gasteiger partial charge >= 0.3 is 12.1 Å². The number of aliphatic carboxylic acids is 1. The van der Waals surface area contributed by atoms with Crippen LogP contribution in [0.5, 0.6) is 0 Å². The number of hydrogen-bond donors (Lipinski definition) is 20. The number of carbonyl (C=O) groups excluding carboxylic acids is 7. The van der Waals surface area contributed by atoms with Crippen LogP contribution in [-0.4, -0.2) is 272 Å². The number of aliphatic hydroxyl groups excluding tert-OH is 8. The highest BCUT2D eigenvalue weighted by Crippen LogP contribution is 2.35. The van der Waals surface area contributed by atoms with Crippen LogP contribution in [0.1, 0.15) is 88.8 Å². The monoisotopic (exact) mass is 1420 g/mol. The Labute approximate surface area is 558 Å². The number of nitrogens with zero attached hydrogens (tertiary/aromatic N) is 5. The van der Waals surface area contributed by atoms with Gasteiger partial charge in [-0.2, -0.15) is 0 Å². The second kappa shape index (κ2) is 35.8. The zero-order chi connectivity index (χ0) is 71.0. The number of amides is 7. The number of hydrogen-bond acceptors (Lipinski definition) is 31.